The monoisotopic (exact) mass is 162 g/mol. The molecule has 0 aliphatic heterocycles. The first-order chi connectivity index (χ1) is 5.55. The standard InChI is InChI=1S/C9H11BO2/c1-9(2,8(11)12)7-4-3-5-10-6-7/h3-6H,1-2H3,(H,11,12). The van der Waals surface area contributed by atoms with Gasteiger partial charge in [0.25, 0.3) is 0 Å². The Balaban J connectivity index is 3.06. The molecule has 0 saturated heterocycles. The van der Waals surface area contributed by atoms with Gasteiger partial charge in [-0.25, -0.2) is 0 Å². The van der Waals surface area contributed by atoms with Crippen molar-refractivity contribution in [1.29, 1.82) is 0 Å². The maximum absolute atomic E-state index is 10.8. The van der Waals surface area contributed by atoms with Gasteiger partial charge in [-0.3, -0.25) is 0 Å². The van der Waals surface area contributed by atoms with E-state index in [1.807, 2.05) is 31.0 Å². The predicted molar refractivity (Wildman–Crippen MR) is 48.5 cm³/mol. The summed E-state index contributed by atoms with van der Waals surface area (Å²) in [5.41, 5.74) is 0.0406. The summed E-state index contributed by atoms with van der Waals surface area (Å²) in [6.07, 6.45) is 0. The molecule has 3 heteroatoms. The zero-order chi connectivity index (χ0) is 9.19. The van der Waals surface area contributed by atoms with Crippen LogP contribution < -0.4 is 0 Å². The number of carboxylic acid groups (broad SMARTS) is 1. The minimum atomic E-state index is -0.797. The van der Waals surface area contributed by atoms with Gasteiger partial charge in [0.15, 0.2) is 0 Å². The van der Waals surface area contributed by atoms with Crippen LogP contribution in [0.5, 0.6) is 0 Å². The Morgan fingerprint density at radius 3 is 2.67 bits per heavy atom. The van der Waals surface area contributed by atoms with Gasteiger partial charge in [-0.1, -0.05) is 0 Å². The Bertz CT molecular complexity index is 280. The number of hydrogen-bond acceptors (Lipinski definition) is 1. The first-order valence-electron chi connectivity index (χ1n) is 3.84. The van der Waals surface area contributed by atoms with Gasteiger partial charge in [0.2, 0.25) is 0 Å². The van der Waals surface area contributed by atoms with Gasteiger partial charge in [-0.2, -0.15) is 0 Å². The Kier molecular flexibility index (Phi) is 2.31. The molecule has 2 nitrogen and oxygen atoms in total. The molecular formula is C9H11BO2. The summed E-state index contributed by atoms with van der Waals surface area (Å²) in [6.45, 7) is 5.25. The van der Waals surface area contributed by atoms with Gasteiger partial charge in [-0.05, 0) is 0 Å². The van der Waals surface area contributed by atoms with E-state index < -0.39 is 11.4 Å². The molecule has 0 spiro atoms. The van der Waals surface area contributed by atoms with E-state index in [-0.39, 0.29) is 0 Å². The van der Waals surface area contributed by atoms with E-state index in [2.05, 4.69) is 0 Å². The van der Waals surface area contributed by atoms with Crippen molar-refractivity contribution in [3.63, 3.8) is 0 Å². The van der Waals surface area contributed by atoms with Crippen LogP contribution in [0.1, 0.15) is 19.4 Å². The molecule has 0 amide bonds. The maximum atomic E-state index is 10.8. The third-order valence-corrected chi connectivity index (χ3v) is 2.03. The van der Waals surface area contributed by atoms with Gasteiger partial charge in [0, 0.05) is 0 Å². The molecule has 1 N–H and O–H groups in total. The molecule has 62 valence electrons. The topological polar surface area (TPSA) is 37.3 Å². The van der Waals surface area contributed by atoms with E-state index in [0.29, 0.717) is 0 Å². The second kappa shape index (κ2) is 3.09. The molecule has 12 heavy (non-hydrogen) atoms. The fourth-order valence-corrected chi connectivity index (χ4v) is 0.978. The van der Waals surface area contributed by atoms with Crippen molar-refractivity contribution in [3.05, 3.63) is 29.6 Å². The summed E-state index contributed by atoms with van der Waals surface area (Å²) < 4.78 is 0. The zero-order valence-electron chi connectivity index (χ0n) is 7.24. The molecule has 0 bridgehead atoms. The Morgan fingerprint density at radius 2 is 2.25 bits per heavy atom. The summed E-state index contributed by atoms with van der Waals surface area (Å²) in [5.74, 6) is 2.91. The van der Waals surface area contributed by atoms with Crippen molar-refractivity contribution < 1.29 is 9.90 Å². The van der Waals surface area contributed by atoms with Crippen LogP contribution in [0.3, 0.4) is 0 Å². The van der Waals surface area contributed by atoms with Gasteiger partial charge >= 0.3 is 71.7 Å². The molecule has 0 unspecified atom stereocenters. The Hall–Kier alpha value is -1.12. The van der Waals surface area contributed by atoms with Crippen LogP contribution in [0.4, 0.5) is 0 Å². The van der Waals surface area contributed by atoms with E-state index >= 15 is 0 Å². The molecule has 1 aromatic heterocycles. The third kappa shape index (κ3) is 1.55. The molecule has 0 aliphatic rings. The van der Waals surface area contributed by atoms with Crippen LogP contribution in [0.25, 0.3) is 0 Å². The van der Waals surface area contributed by atoms with Crippen molar-refractivity contribution in [1.82, 2.24) is 0 Å². The average molecular weight is 162 g/mol. The molecular weight excluding hydrogens is 151 g/mol. The van der Waals surface area contributed by atoms with Crippen LogP contribution in [-0.4, -0.2) is 18.0 Å². The van der Waals surface area contributed by atoms with Crippen molar-refractivity contribution in [2.75, 3.05) is 0 Å². The van der Waals surface area contributed by atoms with E-state index in [9.17, 15) is 4.79 Å². The van der Waals surface area contributed by atoms with Gasteiger partial charge in [-0.15, -0.1) is 0 Å². The van der Waals surface area contributed by atoms with E-state index in [4.69, 9.17) is 5.11 Å². The third-order valence-electron chi connectivity index (χ3n) is 2.03. The molecule has 1 heterocycles. The summed E-state index contributed by atoms with van der Waals surface area (Å²) in [6, 6.07) is 3.67. The summed E-state index contributed by atoms with van der Waals surface area (Å²) >= 11 is 0. The molecule has 1 aromatic rings. The van der Waals surface area contributed by atoms with Crippen LogP contribution >= 0.6 is 0 Å². The van der Waals surface area contributed by atoms with Gasteiger partial charge in [0.1, 0.15) is 0 Å². The number of aliphatic carboxylic acids is 1. The fourth-order valence-electron chi connectivity index (χ4n) is 0.978. The quantitative estimate of drug-likeness (QED) is 0.713. The number of carboxylic acids is 1. The molecule has 0 aromatic carbocycles. The molecule has 0 saturated carbocycles. The first kappa shape index (κ1) is 8.98. The van der Waals surface area contributed by atoms with Gasteiger partial charge < -0.3 is 0 Å². The SMILES string of the molecule is CC(C)(C(=O)O)c1cbccc1. The van der Waals surface area contributed by atoms with Crippen molar-refractivity contribution >= 4 is 12.9 Å². The second-order valence-corrected chi connectivity index (χ2v) is 3.30. The van der Waals surface area contributed by atoms with Crippen LogP contribution in [0.15, 0.2) is 24.1 Å². The predicted octanol–water partition coefficient (Wildman–Crippen LogP) is 1.39. The van der Waals surface area contributed by atoms with E-state index in [0.717, 1.165) is 5.56 Å². The summed E-state index contributed by atoms with van der Waals surface area (Å²) in [5, 5.41) is 8.89. The Labute approximate surface area is 72.4 Å². The molecule has 0 fully saturated rings. The zero-order valence-corrected chi connectivity index (χ0v) is 7.24. The molecule has 0 aliphatic carbocycles. The summed E-state index contributed by atoms with van der Waals surface area (Å²) in [7, 11) is 0. The van der Waals surface area contributed by atoms with E-state index in [1.54, 1.807) is 13.8 Å². The van der Waals surface area contributed by atoms with Crippen molar-refractivity contribution in [3.8, 4) is 0 Å². The molecule has 0 radical (unpaired) electrons. The normalized spacial score (nSPS) is 10.8. The van der Waals surface area contributed by atoms with E-state index in [1.165, 1.54) is 0 Å². The van der Waals surface area contributed by atoms with Gasteiger partial charge in [0.05, 0.1) is 0 Å². The average Bonchev–Trinajstić information content (AvgIpc) is 2.06. The van der Waals surface area contributed by atoms with Crippen molar-refractivity contribution in [2.45, 2.75) is 19.3 Å². The first-order valence-corrected chi connectivity index (χ1v) is 3.84. The number of hydrogen-bond donors (Lipinski definition) is 1. The molecule has 0 atom stereocenters. The number of carbonyl (C=O) groups is 1. The van der Waals surface area contributed by atoms with Crippen LogP contribution in [0, 0.1) is 0 Å². The second-order valence-electron chi connectivity index (χ2n) is 3.30. The van der Waals surface area contributed by atoms with Crippen molar-refractivity contribution in [2.24, 2.45) is 0 Å². The number of rotatable bonds is 2. The minimum absolute atomic E-state index is 0.790. The van der Waals surface area contributed by atoms with Crippen LogP contribution in [0.2, 0.25) is 0 Å². The fraction of sp³-hybridized carbons (Fsp3) is 0.333. The van der Waals surface area contributed by atoms with Crippen LogP contribution in [-0.2, 0) is 10.2 Å². The molecule has 1 rings (SSSR count). The summed E-state index contributed by atoms with van der Waals surface area (Å²) in [4.78, 5) is 10.8. The Morgan fingerprint density at radius 1 is 1.58 bits per heavy atom.